The molecule has 1 saturated heterocycles. The standard InChI is InChI=1S/C16H21NO3/c1-12(13-6-3-2-4-7-13)10-15(18)17-9-5-8-14(11-17)16(19)20/h2-4,6-7,12,14H,5,8-11H2,1H3,(H,19,20)/t12-,14+/m0/s1. The highest BCUT2D eigenvalue weighted by Crippen LogP contribution is 2.22. The number of carboxylic acids is 1. The van der Waals surface area contributed by atoms with Crippen LogP contribution in [0.4, 0.5) is 0 Å². The first-order valence-electron chi connectivity index (χ1n) is 7.13. The topological polar surface area (TPSA) is 57.6 Å². The average molecular weight is 275 g/mol. The van der Waals surface area contributed by atoms with Gasteiger partial charge in [-0.1, -0.05) is 37.3 Å². The van der Waals surface area contributed by atoms with Crippen molar-refractivity contribution in [3.8, 4) is 0 Å². The fourth-order valence-corrected chi connectivity index (χ4v) is 2.70. The Bertz CT molecular complexity index is 472. The maximum Gasteiger partial charge on any atom is 0.308 e. The molecule has 1 aliphatic heterocycles. The smallest absolute Gasteiger partial charge is 0.308 e. The van der Waals surface area contributed by atoms with Gasteiger partial charge in [0.25, 0.3) is 0 Å². The number of carbonyl (C=O) groups excluding carboxylic acids is 1. The zero-order chi connectivity index (χ0) is 14.5. The van der Waals surface area contributed by atoms with Crippen LogP contribution in [0.15, 0.2) is 30.3 Å². The molecule has 1 aromatic rings. The largest absolute Gasteiger partial charge is 0.481 e. The first-order valence-corrected chi connectivity index (χ1v) is 7.13. The maximum atomic E-state index is 12.3. The lowest BCUT2D eigenvalue weighted by Crippen LogP contribution is -2.42. The molecule has 0 saturated carbocycles. The summed E-state index contributed by atoms with van der Waals surface area (Å²) in [6.07, 6.45) is 1.89. The lowest BCUT2D eigenvalue weighted by Gasteiger charge is -2.31. The number of piperidine rings is 1. The molecule has 1 amide bonds. The quantitative estimate of drug-likeness (QED) is 0.918. The van der Waals surface area contributed by atoms with Crippen molar-refractivity contribution >= 4 is 11.9 Å². The minimum absolute atomic E-state index is 0.0623. The average Bonchev–Trinajstić information content (AvgIpc) is 2.48. The van der Waals surface area contributed by atoms with Gasteiger partial charge in [0.2, 0.25) is 5.91 Å². The second-order valence-corrected chi connectivity index (χ2v) is 5.53. The van der Waals surface area contributed by atoms with Crippen LogP contribution in [-0.4, -0.2) is 35.0 Å². The molecule has 0 unspecified atom stereocenters. The van der Waals surface area contributed by atoms with Crippen LogP contribution >= 0.6 is 0 Å². The maximum absolute atomic E-state index is 12.3. The van der Waals surface area contributed by atoms with Gasteiger partial charge in [-0.15, -0.1) is 0 Å². The Morgan fingerprint density at radius 2 is 2.05 bits per heavy atom. The van der Waals surface area contributed by atoms with Crippen LogP contribution in [0.3, 0.4) is 0 Å². The Morgan fingerprint density at radius 3 is 2.70 bits per heavy atom. The molecule has 108 valence electrons. The van der Waals surface area contributed by atoms with Gasteiger partial charge >= 0.3 is 5.97 Å². The molecule has 2 atom stereocenters. The highest BCUT2D eigenvalue weighted by Gasteiger charge is 2.28. The Morgan fingerprint density at radius 1 is 1.35 bits per heavy atom. The van der Waals surface area contributed by atoms with Crippen LogP contribution in [0.5, 0.6) is 0 Å². The Balaban J connectivity index is 1.93. The fourth-order valence-electron chi connectivity index (χ4n) is 2.70. The van der Waals surface area contributed by atoms with Crippen LogP contribution in [0.1, 0.15) is 37.7 Å². The van der Waals surface area contributed by atoms with Crippen molar-refractivity contribution < 1.29 is 14.7 Å². The molecule has 0 spiro atoms. The first-order chi connectivity index (χ1) is 9.58. The summed E-state index contributed by atoms with van der Waals surface area (Å²) in [7, 11) is 0. The van der Waals surface area contributed by atoms with E-state index in [9.17, 15) is 9.59 Å². The molecule has 0 aromatic heterocycles. The van der Waals surface area contributed by atoms with Crippen LogP contribution in [0, 0.1) is 5.92 Å². The van der Waals surface area contributed by atoms with Crippen molar-refractivity contribution in [2.24, 2.45) is 5.92 Å². The van der Waals surface area contributed by atoms with Gasteiger partial charge in [-0.05, 0) is 24.3 Å². The van der Waals surface area contributed by atoms with Gasteiger partial charge in [-0.2, -0.15) is 0 Å². The van der Waals surface area contributed by atoms with Gasteiger partial charge in [0, 0.05) is 19.5 Å². The van der Waals surface area contributed by atoms with Crippen LogP contribution in [0.25, 0.3) is 0 Å². The van der Waals surface area contributed by atoms with E-state index in [2.05, 4.69) is 0 Å². The Hall–Kier alpha value is -1.84. The zero-order valence-electron chi connectivity index (χ0n) is 11.8. The molecule has 4 nitrogen and oxygen atoms in total. The van der Waals surface area contributed by atoms with Crippen molar-refractivity contribution in [3.63, 3.8) is 0 Å². The van der Waals surface area contributed by atoms with Crippen LogP contribution in [-0.2, 0) is 9.59 Å². The van der Waals surface area contributed by atoms with E-state index in [1.807, 2.05) is 37.3 Å². The molecule has 1 fully saturated rings. The second-order valence-electron chi connectivity index (χ2n) is 5.53. The highest BCUT2D eigenvalue weighted by atomic mass is 16.4. The molecule has 2 rings (SSSR count). The third kappa shape index (κ3) is 3.59. The van der Waals surface area contributed by atoms with Crippen molar-refractivity contribution in [1.82, 2.24) is 4.90 Å². The minimum Gasteiger partial charge on any atom is -0.481 e. The minimum atomic E-state index is -0.793. The predicted molar refractivity (Wildman–Crippen MR) is 76.4 cm³/mol. The summed E-state index contributed by atoms with van der Waals surface area (Å²) in [5, 5.41) is 9.06. The number of aliphatic carboxylic acids is 1. The first kappa shape index (κ1) is 14.6. The highest BCUT2D eigenvalue weighted by molar-refractivity contribution is 5.78. The fraction of sp³-hybridized carbons (Fsp3) is 0.500. The number of hydrogen-bond acceptors (Lipinski definition) is 2. The lowest BCUT2D eigenvalue weighted by molar-refractivity contribution is -0.145. The molecular formula is C16H21NO3. The van der Waals surface area contributed by atoms with Gasteiger partial charge in [0.15, 0.2) is 0 Å². The molecular weight excluding hydrogens is 254 g/mol. The number of nitrogens with zero attached hydrogens (tertiary/aromatic N) is 1. The monoisotopic (exact) mass is 275 g/mol. The summed E-state index contributed by atoms with van der Waals surface area (Å²) in [5.41, 5.74) is 1.15. The van der Waals surface area contributed by atoms with E-state index >= 15 is 0 Å². The van der Waals surface area contributed by atoms with Gasteiger partial charge in [0.1, 0.15) is 0 Å². The number of hydrogen-bond donors (Lipinski definition) is 1. The molecule has 0 bridgehead atoms. The van der Waals surface area contributed by atoms with Gasteiger partial charge in [-0.25, -0.2) is 0 Å². The third-order valence-electron chi connectivity index (χ3n) is 3.97. The summed E-state index contributed by atoms with van der Waals surface area (Å²) in [5.74, 6) is -0.973. The van der Waals surface area contributed by atoms with Crippen LogP contribution in [0.2, 0.25) is 0 Å². The third-order valence-corrected chi connectivity index (χ3v) is 3.97. The summed E-state index contributed by atoms with van der Waals surface area (Å²) in [6.45, 7) is 3.08. The number of carboxylic acid groups (broad SMARTS) is 1. The van der Waals surface area contributed by atoms with Crippen molar-refractivity contribution in [2.75, 3.05) is 13.1 Å². The lowest BCUT2D eigenvalue weighted by atomic mass is 9.94. The van der Waals surface area contributed by atoms with E-state index in [0.29, 0.717) is 25.9 Å². The Kier molecular flexibility index (Phi) is 4.77. The van der Waals surface area contributed by atoms with Crippen molar-refractivity contribution in [2.45, 2.75) is 32.1 Å². The molecule has 4 heteroatoms. The summed E-state index contributed by atoms with van der Waals surface area (Å²) in [6, 6.07) is 9.94. The molecule has 0 aliphatic carbocycles. The molecule has 1 aliphatic rings. The van der Waals surface area contributed by atoms with E-state index < -0.39 is 11.9 Å². The number of rotatable bonds is 4. The number of carbonyl (C=O) groups is 2. The van der Waals surface area contributed by atoms with Crippen LogP contribution < -0.4 is 0 Å². The van der Waals surface area contributed by atoms with Gasteiger partial charge in [-0.3, -0.25) is 9.59 Å². The summed E-state index contributed by atoms with van der Waals surface area (Å²) >= 11 is 0. The van der Waals surface area contributed by atoms with Crippen molar-refractivity contribution in [3.05, 3.63) is 35.9 Å². The van der Waals surface area contributed by atoms with Gasteiger partial charge < -0.3 is 10.0 Å². The number of amides is 1. The molecule has 1 N–H and O–H groups in total. The SMILES string of the molecule is C[C@@H](CC(=O)N1CCC[C@@H](C(=O)O)C1)c1ccccc1. The number of likely N-dealkylation sites (tertiary alicyclic amines) is 1. The van der Waals surface area contributed by atoms with E-state index in [0.717, 1.165) is 12.0 Å². The Labute approximate surface area is 119 Å². The number of benzene rings is 1. The molecule has 1 heterocycles. The van der Waals surface area contributed by atoms with E-state index in [1.54, 1.807) is 4.90 Å². The summed E-state index contributed by atoms with van der Waals surface area (Å²) < 4.78 is 0. The predicted octanol–water partition coefficient (Wildman–Crippen LogP) is 2.50. The van der Waals surface area contributed by atoms with E-state index in [-0.39, 0.29) is 11.8 Å². The normalized spacial score (nSPS) is 20.4. The molecule has 0 radical (unpaired) electrons. The van der Waals surface area contributed by atoms with E-state index in [4.69, 9.17) is 5.11 Å². The molecule has 1 aromatic carbocycles. The summed E-state index contributed by atoms with van der Waals surface area (Å²) in [4.78, 5) is 25.0. The van der Waals surface area contributed by atoms with E-state index in [1.165, 1.54) is 0 Å². The van der Waals surface area contributed by atoms with Crippen molar-refractivity contribution in [1.29, 1.82) is 0 Å². The zero-order valence-corrected chi connectivity index (χ0v) is 11.8. The second kappa shape index (κ2) is 6.55. The molecule has 20 heavy (non-hydrogen) atoms. The van der Waals surface area contributed by atoms with Gasteiger partial charge in [0.05, 0.1) is 5.92 Å².